The Labute approximate surface area is 242 Å². The lowest BCUT2D eigenvalue weighted by atomic mass is 9.84. The number of ether oxygens (including phenoxy) is 1. The Morgan fingerprint density at radius 1 is 0.900 bits per heavy atom. The van der Waals surface area contributed by atoms with Crippen LogP contribution in [-0.4, -0.2) is 32.7 Å². The fourth-order valence-corrected chi connectivity index (χ4v) is 5.50. The highest BCUT2D eigenvalue weighted by molar-refractivity contribution is 7.99. The number of carbonyl (C=O) groups is 1. The quantitative estimate of drug-likeness (QED) is 0.131. The number of rotatable bonds is 13. The van der Waals surface area contributed by atoms with E-state index in [1.54, 1.807) is 11.8 Å². The van der Waals surface area contributed by atoms with Gasteiger partial charge in [-0.3, -0.25) is 4.79 Å². The molecule has 7 heteroatoms. The third kappa shape index (κ3) is 8.10. The van der Waals surface area contributed by atoms with Crippen LogP contribution >= 0.6 is 11.8 Å². The highest BCUT2D eigenvalue weighted by atomic mass is 32.2. The first-order valence-electron chi connectivity index (χ1n) is 14.4. The van der Waals surface area contributed by atoms with Gasteiger partial charge in [0.1, 0.15) is 22.5 Å². The topological polar surface area (TPSA) is 77.2 Å². The summed E-state index contributed by atoms with van der Waals surface area (Å²) in [5.41, 5.74) is 3.44. The molecule has 0 radical (unpaired) electrons. The molecule has 4 rings (SSSR count). The second-order valence-corrected chi connectivity index (χ2v) is 12.5. The molecule has 0 saturated heterocycles. The van der Waals surface area contributed by atoms with Gasteiger partial charge in [0.2, 0.25) is 0 Å². The summed E-state index contributed by atoms with van der Waals surface area (Å²) >= 11 is 1.67. The molecular formula is C33H41N3O3S. The van der Waals surface area contributed by atoms with Crippen LogP contribution in [0.2, 0.25) is 0 Å². The van der Waals surface area contributed by atoms with Crippen LogP contribution in [-0.2, 0) is 21.4 Å². The molecule has 40 heavy (non-hydrogen) atoms. The molecule has 212 valence electrons. The lowest BCUT2D eigenvalue weighted by molar-refractivity contribution is -0.143. The number of benzene rings is 3. The molecule has 0 aliphatic carbocycles. The zero-order valence-corrected chi connectivity index (χ0v) is 25.0. The monoisotopic (exact) mass is 559 g/mol. The Morgan fingerprint density at radius 2 is 1.62 bits per heavy atom. The van der Waals surface area contributed by atoms with Crippen molar-refractivity contribution in [3.8, 4) is 11.4 Å². The van der Waals surface area contributed by atoms with Gasteiger partial charge in [0.25, 0.3) is 0 Å². The predicted octanol–water partition coefficient (Wildman–Crippen LogP) is 8.41. The van der Waals surface area contributed by atoms with Crippen LogP contribution in [0.15, 0.2) is 70.5 Å². The first-order valence-corrected chi connectivity index (χ1v) is 15.2. The number of aromatic nitrogens is 3. The highest BCUT2D eigenvalue weighted by Crippen LogP contribution is 2.37. The van der Waals surface area contributed by atoms with Gasteiger partial charge in [0.05, 0.1) is 6.61 Å². The Hall–Kier alpha value is -3.32. The summed E-state index contributed by atoms with van der Waals surface area (Å²) in [6, 6.07) is 20.1. The highest BCUT2D eigenvalue weighted by Gasteiger charge is 2.23. The van der Waals surface area contributed by atoms with Crippen LogP contribution < -0.4 is 0 Å². The van der Waals surface area contributed by atoms with E-state index in [-0.39, 0.29) is 23.6 Å². The van der Waals surface area contributed by atoms with Crippen LogP contribution in [0, 0.1) is 0 Å². The number of aryl methyl sites for hydroxylation is 1. The Balaban J connectivity index is 1.49. The largest absolute Gasteiger partial charge is 0.505 e. The second kappa shape index (κ2) is 13.8. The fourth-order valence-electron chi connectivity index (χ4n) is 4.62. The maximum atomic E-state index is 12.4. The van der Waals surface area contributed by atoms with Crippen molar-refractivity contribution in [2.45, 2.75) is 94.3 Å². The molecule has 6 nitrogen and oxygen atoms in total. The third-order valence-electron chi connectivity index (χ3n) is 6.88. The third-order valence-corrected chi connectivity index (χ3v) is 7.88. The smallest absolute Gasteiger partial charge is 0.306 e. The summed E-state index contributed by atoms with van der Waals surface area (Å²) in [6.45, 7) is 8.87. The van der Waals surface area contributed by atoms with Gasteiger partial charge < -0.3 is 9.84 Å². The van der Waals surface area contributed by atoms with Crippen molar-refractivity contribution in [1.29, 1.82) is 0 Å². The van der Waals surface area contributed by atoms with Gasteiger partial charge in [-0.1, -0.05) is 95.8 Å². The average molecular weight is 560 g/mol. The number of phenols is 1. The van der Waals surface area contributed by atoms with E-state index in [9.17, 15) is 9.90 Å². The standard InChI is InChI=1S/C33H41N3O3S/c1-5-6-7-8-9-13-20-39-31(37)19-16-24-21-27(33(2,3)4)32(38)30(22-24)36-34-28-18-17-26(23-29(28)35-36)40-25-14-11-10-12-15-25/h10-12,14-15,17-18,21-23,38H,5-9,13,16,19-20H2,1-4H3. The van der Waals surface area contributed by atoms with E-state index >= 15 is 0 Å². The number of unbranched alkanes of at least 4 members (excludes halogenated alkanes) is 5. The summed E-state index contributed by atoms with van der Waals surface area (Å²) in [4.78, 5) is 16.2. The number of nitrogens with zero attached hydrogens (tertiary/aromatic N) is 3. The Bertz CT molecular complexity index is 1410. The van der Waals surface area contributed by atoms with Crippen molar-refractivity contribution in [1.82, 2.24) is 15.0 Å². The number of aromatic hydroxyl groups is 1. The van der Waals surface area contributed by atoms with Crippen LogP contribution in [0.1, 0.15) is 83.8 Å². The zero-order valence-electron chi connectivity index (χ0n) is 24.2. The van der Waals surface area contributed by atoms with Crippen LogP contribution in [0.3, 0.4) is 0 Å². The van der Waals surface area contributed by atoms with Gasteiger partial charge >= 0.3 is 5.97 Å². The lowest BCUT2D eigenvalue weighted by Crippen LogP contribution is -2.14. The minimum atomic E-state index is -0.306. The average Bonchev–Trinajstić information content (AvgIpc) is 3.35. The van der Waals surface area contributed by atoms with E-state index < -0.39 is 0 Å². The van der Waals surface area contributed by atoms with E-state index in [1.165, 1.54) is 30.5 Å². The Kier molecular flexibility index (Phi) is 10.3. The number of esters is 1. The van der Waals surface area contributed by atoms with Crippen molar-refractivity contribution in [3.63, 3.8) is 0 Å². The molecule has 0 unspecified atom stereocenters. The second-order valence-electron chi connectivity index (χ2n) is 11.3. The van der Waals surface area contributed by atoms with Crippen molar-refractivity contribution >= 4 is 28.8 Å². The molecule has 0 amide bonds. The first kappa shape index (κ1) is 29.7. The van der Waals surface area contributed by atoms with E-state index in [2.05, 4.69) is 44.9 Å². The molecule has 0 bridgehead atoms. The van der Waals surface area contributed by atoms with Crippen LogP contribution in [0.4, 0.5) is 0 Å². The van der Waals surface area contributed by atoms with E-state index in [0.717, 1.165) is 44.8 Å². The van der Waals surface area contributed by atoms with Crippen molar-refractivity contribution < 1.29 is 14.6 Å². The van der Waals surface area contributed by atoms with Crippen LogP contribution in [0.25, 0.3) is 16.7 Å². The van der Waals surface area contributed by atoms with E-state index in [0.29, 0.717) is 18.7 Å². The number of hydrogen-bond donors (Lipinski definition) is 1. The maximum Gasteiger partial charge on any atom is 0.306 e. The van der Waals surface area contributed by atoms with E-state index in [1.807, 2.05) is 48.5 Å². The molecule has 0 aliphatic rings. The summed E-state index contributed by atoms with van der Waals surface area (Å²) in [7, 11) is 0. The van der Waals surface area contributed by atoms with Gasteiger partial charge in [0.15, 0.2) is 0 Å². The Morgan fingerprint density at radius 3 is 2.38 bits per heavy atom. The normalized spacial score (nSPS) is 11.7. The maximum absolute atomic E-state index is 12.4. The van der Waals surface area contributed by atoms with Crippen LogP contribution in [0.5, 0.6) is 5.75 Å². The summed E-state index contributed by atoms with van der Waals surface area (Å²) in [6.07, 6.45) is 7.76. The van der Waals surface area contributed by atoms with Gasteiger partial charge in [-0.05, 0) is 60.2 Å². The van der Waals surface area contributed by atoms with Crippen molar-refractivity contribution in [2.24, 2.45) is 0 Å². The SMILES string of the molecule is CCCCCCCCOC(=O)CCc1cc(-n2nc3ccc(Sc4ccccc4)cc3n2)c(O)c(C(C)(C)C)c1. The molecular weight excluding hydrogens is 518 g/mol. The summed E-state index contributed by atoms with van der Waals surface area (Å²) in [5, 5.41) is 20.7. The number of hydrogen-bond acceptors (Lipinski definition) is 6. The molecule has 1 aromatic heterocycles. The van der Waals surface area contributed by atoms with Gasteiger partial charge in [-0.2, -0.15) is 0 Å². The van der Waals surface area contributed by atoms with Crippen molar-refractivity contribution in [2.75, 3.05) is 6.61 Å². The molecule has 0 fully saturated rings. The molecule has 0 aliphatic heterocycles. The number of carbonyl (C=O) groups excluding carboxylic acids is 1. The molecule has 3 aromatic carbocycles. The fraction of sp³-hybridized carbons (Fsp3) is 0.424. The number of phenolic OH excluding ortho intramolecular Hbond substituents is 1. The predicted molar refractivity (Wildman–Crippen MR) is 162 cm³/mol. The first-order chi connectivity index (χ1) is 19.2. The minimum Gasteiger partial charge on any atom is -0.505 e. The molecule has 1 heterocycles. The molecule has 0 spiro atoms. The van der Waals surface area contributed by atoms with Crippen molar-refractivity contribution in [3.05, 3.63) is 71.8 Å². The van der Waals surface area contributed by atoms with Gasteiger partial charge in [-0.25, -0.2) is 0 Å². The summed E-state index contributed by atoms with van der Waals surface area (Å²) < 4.78 is 5.48. The molecule has 0 atom stereocenters. The van der Waals surface area contributed by atoms with E-state index in [4.69, 9.17) is 9.84 Å². The lowest BCUT2D eigenvalue weighted by Gasteiger charge is -2.23. The minimum absolute atomic E-state index is 0.154. The van der Waals surface area contributed by atoms with Gasteiger partial charge in [0, 0.05) is 21.8 Å². The molecule has 1 N–H and O–H groups in total. The van der Waals surface area contributed by atoms with Gasteiger partial charge in [-0.15, -0.1) is 15.0 Å². The zero-order chi connectivity index (χ0) is 28.5. The molecule has 0 saturated carbocycles. The number of fused-ring (bicyclic) bond motifs is 1. The summed E-state index contributed by atoms with van der Waals surface area (Å²) in [5.74, 6) is -0.0343. The molecule has 4 aromatic rings.